The molecular weight excluding hydrogens is 278 g/mol. The van der Waals surface area contributed by atoms with Crippen LogP contribution in [0.5, 0.6) is 0 Å². The zero-order valence-corrected chi connectivity index (χ0v) is 11.8. The van der Waals surface area contributed by atoms with Gasteiger partial charge in [-0.2, -0.15) is 16.6 Å². The second-order valence-electron chi connectivity index (χ2n) is 3.99. The molecule has 0 unspecified atom stereocenters. The Morgan fingerprint density at radius 3 is 2.47 bits per heavy atom. The number of hydrogen-bond acceptors (Lipinski definition) is 4. The maximum atomic E-state index is 12.3. The van der Waals surface area contributed by atoms with Crippen molar-refractivity contribution < 1.29 is 8.42 Å². The van der Waals surface area contributed by atoms with E-state index in [1.165, 1.54) is 29.5 Å². The van der Waals surface area contributed by atoms with Crippen LogP contribution in [0.2, 0.25) is 0 Å². The fraction of sp³-hybridized carbons (Fsp3) is 0.0714. The minimum absolute atomic E-state index is 0.140. The predicted octanol–water partition coefficient (Wildman–Crippen LogP) is 3.39. The molecule has 3 nitrogen and oxygen atoms in total. The number of allylic oxidation sites excluding steroid dienone is 1. The van der Waals surface area contributed by atoms with Gasteiger partial charge in [-0.3, -0.25) is 0 Å². The first-order chi connectivity index (χ1) is 9.04. The van der Waals surface area contributed by atoms with Gasteiger partial charge >= 0.3 is 0 Å². The van der Waals surface area contributed by atoms with Crippen LogP contribution in [-0.2, 0) is 9.84 Å². The highest BCUT2D eigenvalue weighted by molar-refractivity contribution is 7.95. The van der Waals surface area contributed by atoms with E-state index in [1.54, 1.807) is 29.6 Å². The van der Waals surface area contributed by atoms with Crippen molar-refractivity contribution in [1.82, 2.24) is 0 Å². The Balaban J connectivity index is 2.49. The summed E-state index contributed by atoms with van der Waals surface area (Å²) >= 11 is 1.45. The second kappa shape index (κ2) is 5.39. The van der Waals surface area contributed by atoms with E-state index in [4.69, 9.17) is 5.26 Å². The monoisotopic (exact) mass is 289 g/mol. The number of hydrogen-bond donors (Lipinski definition) is 0. The third kappa shape index (κ3) is 2.92. The van der Waals surface area contributed by atoms with Crippen molar-refractivity contribution in [2.24, 2.45) is 0 Å². The molecule has 0 aliphatic rings. The molecule has 2 aromatic rings. The Labute approximate surface area is 116 Å². The summed E-state index contributed by atoms with van der Waals surface area (Å²) in [4.78, 5) is -0.101. The fourth-order valence-electron chi connectivity index (χ4n) is 1.52. The standard InChI is InChI=1S/C14H11NO2S2/c1-11-2-4-13(5-3-11)19(16,17)14(9-15)8-12-6-7-18-10-12/h2-8,10H,1H3. The molecule has 1 heterocycles. The quantitative estimate of drug-likeness (QED) is 0.814. The average molecular weight is 289 g/mol. The lowest BCUT2D eigenvalue weighted by Gasteiger charge is -2.03. The van der Waals surface area contributed by atoms with Gasteiger partial charge in [0.25, 0.3) is 0 Å². The van der Waals surface area contributed by atoms with Gasteiger partial charge in [-0.15, -0.1) is 0 Å². The number of rotatable bonds is 3. The number of nitrogens with zero attached hydrogens (tertiary/aromatic N) is 1. The summed E-state index contributed by atoms with van der Waals surface area (Å²) in [5.74, 6) is 0. The third-order valence-electron chi connectivity index (χ3n) is 2.57. The molecule has 0 saturated carbocycles. The first kappa shape index (κ1) is 13.5. The summed E-state index contributed by atoms with van der Waals surface area (Å²) in [6, 6.07) is 10.0. The molecule has 0 aliphatic carbocycles. The van der Waals surface area contributed by atoms with Crippen molar-refractivity contribution in [1.29, 1.82) is 5.26 Å². The molecule has 0 amide bonds. The van der Waals surface area contributed by atoms with E-state index in [2.05, 4.69) is 0 Å². The van der Waals surface area contributed by atoms with Crippen LogP contribution in [0, 0.1) is 18.3 Å². The number of benzene rings is 1. The van der Waals surface area contributed by atoms with Crippen molar-refractivity contribution >= 4 is 27.3 Å². The molecule has 0 fully saturated rings. The van der Waals surface area contributed by atoms with Crippen LogP contribution in [0.25, 0.3) is 6.08 Å². The molecule has 5 heteroatoms. The highest BCUT2D eigenvalue weighted by Gasteiger charge is 2.20. The molecule has 1 aromatic carbocycles. The van der Waals surface area contributed by atoms with E-state index < -0.39 is 9.84 Å². The molecule has 0 N–H and O–H groups in total. The van der Waals surface area contributed by atoms with Gasteiger partial charge in [-0.1, -0.05) is 17.7 Å². The van der Waals surface area contributed by atoms with Crippen LogP contribution in [0.4, 0.5) is 0 Å². The molecule has 1 aromatic heterocycles. The second-order valence-corrected chi connectivity index (χ2v) is 6.69. The van der Waals surface area contributed by atoms with Crippen LogP contribution in [0.15, 0.2) is 50.9 Å². The van der Waals surface area contributed by atoms with E-state index in [1.807, 2.05) is 12.3 Å². The van der Waals surface area contributed by atoms with E-state index in [0.717, 1.165) is 11.1 Å². The Kier molecular flexibility index (Phi) is 3.84. The van der Waals surface area contributed by atoms with Gasteiger partial charge in [-0.05, 0) is 47.5 Å². The SMILES string of the molecule is Cc1ccc(S(=O)(=O)C(C#N)=Cc2ccsc2)cc1. The topological polar surface area (TPSA) is 57.9 Å². The van der Waals surface area contributed by atoms with Crippen molar-refractivity contribution in [3.63, 3.8) is 0 Å². The highest BCUT2D eigenvalue weighted by atomic mass is 32.2. The summed E-state index contributed by atoms with van der Waals surface area (Å²) < 4.78 is 24.6. The van der Waals surface area contributed by atoms with E-state index in [-0.39, 0.29) is 9.80 Å². The zero-order chi connectivity index (χ0) is 13.9. The van der Waals surface area contributed by atoms with Crippen LogP contribution in [-0.4, -0.2) is 8.42 Å². The average Bonchev–Trinajstić information content (AvgIpc) is 2.89. The minimum atomic E-state index is -3.74. The normalized spacial score (nSPS) is 12.1. The molecule has 0 saturated heterocycles. The van der Waals surface area contributed by atoms with E-state index in [0.29, 0.717) is 0 Å². The van der Waals surface area contributed by atoms with Crippen LogP contribution in [0.3, 0.4) is 0 Å². The lowest BCUT2D eigenvalue weighted by molar-refractivity contribution is 0.603. The summed E-state index contributed by atoms with van der Waals surface area (Å²) in [7, 11) is -3.74. The van der Waals surface area contributed by atoms with Crippen LogP contribution >= 0.6 is 11.3 Å². The molecule has 0 spiro atoms. The maximum absolute atomic E-state index is 12.3. The van der Waals surface area contributed by atoms with Crippen LogP contribution < -0.4 is 0 Å². The number of sulfone groups is 1. The molecule has 2 rings (SSSR count). The lowest BCUT2D eigenvalue weighted by atomic mass is 10.2. The van der Waals surface area contributed by atoms with Gasteiger partial charge in [0.15, 0.2) is 0 Å². The summed E-state index contributed by atoms with van der Waals surface area (Å²) in [5, 5.41) is 12.7. The van der Waals surface area contributed by atoms with Gasteiger partial charge in [-0.25, -0.2) is 8.42 Å². The Bertz CT molecular complexity index is 734. The molecule has 0 aliphatic heterocycles. The van der Waals surface area contributed by atoms with Crippen molar-refractivity contribution in [3.8, 4) is 6.07 Å². The van der Waals surface area contributed by atoms with Crippen molar-refractivity contribution in [2.75, 3.05) is 0 Å². The first-order valence-corrected chi connectivity index (χ1v) is 7.92. The van der Waals surface area contributed by atoms with Crippen LogP contribution in [0.1, 0.15) is 11.1 Å². The number of thiophene rings is 1. The number of nitriles is 1. The van der Waals surface area contributed by atoms with Crippen molar-refractivity contribution in [3.05, 3.63) is 57.1 Å². The largest absolute Gasteiger partial charge is 0.218 e. The van der Waals surface area contributed by atoms with E-state index >= 15 is 0 Å². The maximum Gasteiger partial charge on any atom is 0.216 e. The molecular formula is C14H11NO2S2. The van der Waals surface area contributed by atoms with E-state index in [9.17, 15) is 8.42 Å². The third-order valence-corrected chi connectivity index (χ3v) is 4.95. The zero-order valence-electron chi connectivity index (χ0n) is 10.2. The molecule has 96 valence electrons. The number of aryl methyl sites for hydroxylation is 1. The summed E-state index contributed by atoms with van der Waals surface area (Å²) in [6.45, 7) is 1.88. The van der Waals surface area contributed by atoms with Crippen molar-refractivity contribution in [2.45, 2.75) is 11.8 Å². The first-order valence-electron chi connectivity index (χ1n) is 5.50. The molecule has 0 atom stereocenters. The van der Waals surface area contributed by atoms with Gasteiger partial charge in [0.1, 0.15) is 11.0 Å². The summed E-state index contributed by atoms with van der Waals surface area (Å²) in [5.41, 5.74) is 1.69. The van der Waals surface area contributed by atoms with Gasteiger partial charge < -0.3 is 0 Å². The molecule has 0 radical (unpaired) electrons. The van der Waals surface area contributed by atoms with Gasteiger partial charge in [0.2, 0.25) is 9.84 Å². The highest BCUT2D eigenvalue weighted by Crippen LogP contribution is 2.22. The smallest absolute Gasteiger partial charge is 0.216 e. The Morgan fingerprint density at radius 1 is 1.26 bits per heavy atom. The Hall–Kier alpha value is -1.90. The minimum Gasteiger partial charge on any atom is -0.218 e. The molecule has 0 bridgehead atoms. The van der Waals surface area contributed by atoms with Gasteiger partial charge in [0, 0.05) is 0 Å². The predicted molar refractivity (Wildman–Crippen MR) is 76.3 cm³/mol. The van der Waals surface area contributed by atoms with Gasteiger partial charge in [0.05, 0.1) is 4.90 Å². The summed E-state index contributed by atoms with van der Waals surface area (Å²) in [6.07, 6.45) is 1.39. The Morgan fingerprint density at radius 2 is 1.95 bits per heavy atom. The fourth-order valence-corrected chi connectivity index (χ4v) is 3.30. The molecule has 19 heavy (non-hydrogen) atoms. The lowest BCUT2D eigenvalue weighted by Crippen LogP contribution is -2.03.